The predicted molar refractivity (Wildman–Crippen MR) is 79.4 cm³/mol. The van der Waals surface area contributed by atoms with Crippen molar-refractivity contribution in [2.75, 3.05) is 11.9 Å². The van der Waals surface area contributed by atoms with Crippen LogP contribution in [0.1, 0.15) is 5.56 Å². The second-order valence-electron chi connectivity index (χ2n) is 4.23. The predicted octanol–water partition coefficient (Wildman–Crippen LogP) is 4.15. The van der Waals surface area contributed by atoms with Gasteiger partial charge in [0, 0.05) is 28.8 Å². The zero-order valence-corrected chi connectivity index (χ0v) is 12.1. The molecule has 0 saturated carbocycles. The van der Waals surface area contributed by atoms with E-state index in [0.717, 1.165) is 11.3 Å². The summed E-state index contributed by atoms with van der Waals surface area (Å²) in [7, 11) is 0. The third-order valence-corrected chi connectivity index (χ3v) is 3.44. The SMILES string of the molecule is O=[N+]([O-])c1ccc(NCCc2cccc(F)c2)c(Br)c1. The van der Waals surface area contributed by atoms with Gasteiger partial charge in [0.2, 0.25) is 0 Å². The Balaban J connectivity index is 1.96. The van der Waals surface area contributed by atoms with Crippen LogP contribution in [0.25, 0.3) is 0 Å². The van der Waals surface area contributed by atoms with Crippen LogP contribution >= 0.6 is 15.9 Å². The van der Waals surface area contributed by atoms with Crippen LogP contribution in [0, 0.1) is 15.9 Å². The fraction of sp³-hybridized carbons (Fsp3) is 0.143. The van der Waals surface area contributed by atoms with Crippen LogP contribution in [0.2, 0.25) is 0 Å². The third kappa shape index (κ3) is 3.77. The lowest BCUT2D eigenvalue weighted by Gasteiger charge is -2.08. The van der Waals surface area contributed by atoms with Crippen molar-refractivity contribution in [2.45, 2.75) is 6.42 Å². The Bertz CT molecular complexity index is 634. The molecule has 0 unspecified atom stereocenters. The van der Waals surface area contributed by atoms with E-state index in [1.807, 2.05) is 6.07 Å². The van der Waals surface area contributed by atoms with Gasteiger partial charge in [0.15, 0.2) is 0 Å². The maximum atomic E-state index is 13.0. The van der Waals surface area contributed by atoms with E-state index in [2.05, 4.69) is 21.2 Å². The first-order chi connectivity index (χ1) is 9.56. The molecule has 0 fully saturated rings. The fourth-order valence-electron chi connectivity index (χ4n) is 1.79. The summed E-state index contributed by atoms with van der Waals surface area (Å²) in [6.45, 7) is 0.611. The summed E-state index contributed by atoms with van der Waals surface area (Å²) in [5.41, 5.74) is 1.70. The Morgan fingerprint density at radius 2 is 2.05 bits per heavy atom. The van der Waals surface area contributed by atoms with Gasteiger partial charge in [-0.15, -0.1) is 0 Å². The first-order valence-corrected chi connectivity index (χ1v) is 6.78. The van der Waals surface area contributed by atoms with Crippen molar-refractivity contribution in [3.63, 3.8) is 0 Å². The molecule has 2 rings (SSSR count). The van der Waals surface area contributed by atoms with Crippen molar-refractivity contribution in [1.29, 1.82) is 0 Å². The average Bonchev–Trinajstić information content (AvgIpc) is 2.40. The highest BCUT2D eigenvalue weighted by Crippen LogP contribution is 2.27. The minimum Gasteiger partial charge on any atom is -0.384 e. The summed E-state index contributed by atoms with van der Waals surface area (Å²) in [6, 6.07) is 11.0. The van der Waals surface area contributed by atoms with Gasteiger partial charge in [-0.05, 0) is 46.1 Å². The highest BCUT2D eigenvalue weighted by Gasteiger charge is 2.08. The molecule has 2 aromatic rings. The lowest BCUT2D eigenvalue weighted by atomic mass is 10.1. The summed E-state index contributed by atoms with van der Waals surface area (Å²) in [5.74, 6) is -0.251. The van der Waals surface area contributed by atoms with Gasteiger partial charge in [-0.25, -0.2) is 4.39 Å². The van der Waals surface area contributed by atoms with E-state index in [4.69, 9.17) is 0 Å². The van der Waals surface area contributed by atoms with Gasteiger partial charge in [0.25, 0.3) is 5.69 Å². The molecule has 0 radical (unpaired) electrons. The van der Waals surface area contributed by atoms with Gasteiger partial charge in [0.1, 0.15) is 5.82 Å². The molecule has 0 aromatic heterocycles. The van der Waals surface area contributed by atoms with Gasteiger partial charge < -0.3 is 5.32 Å². The first kappa shape index (κ1) is 14.5. The molecular weight excluding hydrogens is 327 g/mol. The van der Waals surface area contributed by atoms with E-state index in [1.54, 1.807) is 12.1 Å². The number of hydrogen-bond donors (Lipinski definition) is 1. The van der Waals surface area contributed by atoms with Crippen molar-refractivity contribution in [3.8, 4) is 0 Å². The molecule has 1 N–H and O–H groups in total. The number of hydrogen-bond acceptors (Lipinski definition) is 3. The Morgan fingerprint density at radius 3 is 2.70 bits per heavy atom. The number of nitro benzene ring substituents is 1. The summed E-state index contributed by atoms with van der Waals surface area (Å²) < 4.78 is 13.6. The monoisotopic (exact) mass is 338 g/mol. The molecule has 0 spiro atoms. The maximum Gasteiger partial charge on any atom is 0.270 e. The lowest BCUT2D eigenvalue weighted by Crippen LogP contribution is -2.05. The molecule has 0 saturated heterocycles. The number of rotatable bonds is 5. The van der Waals surface area contributed by atoms with Crippen LogP contribution in [0.4, 0.5) is 15.8 Å². The number of benzene rings is 2. The molecule has 0 aliphatic rings. The van der Waals surface area contributed by atoms with E-state index in [9.17, 15) is 14.5 Å². The average molecular weight is 339 g/mol. The van der Waals surface area contributed by atoms with E-state index in [-0.39, 0.29) is 11.5 Å². The van der Waals surface area contributed by atoms with Gasteiger partial charge in [-0.3, -0.25) is 10.1 Å². The Labute approximate surface area is 123 Å². The van der Waals surface area contributed by atoms with Crippen molar-refractivity contribution in [2.24, 2.45) is 0 Å². The second-order valence-corrected chi connectivity index (χ2v) is 5.08. The molecular formula is C14H12BrFN2O2. The lowest BCUT2D eigenvalue weighted by molar-refractivity contribution is -0.384. The van der Waals surface area contributed by atoms with Crippen LogP contribution in [0.3, 0.4) is 0 Å². The normalized spacial score (nSPS) is 10.3. The van der Waals surface area contributed by atoms with Gasteiger partial charge >= 0.3 is 0 Å². The minimum absolute atomic E-state index is 0.0348. The standard InChI is InChI=1S/C14H12BrFN2O2/c15-13-9-12(18(19)20)4-5-14(13)17-7-6-10-2-1-3-11(16)8-10/h1-5,8-9,17H,6-7H2. The van der Waals surface area contributed by atoms with Crippen LogP contribution in [0.5, 0.6) is 0 Å². The topological polar surface area (TPSA) is 55.2 Å². The third-order valence-electron chi connectivity index (χ3n) is 2.78. The van der Waals surface area contributed by atoms with Crippen LogP contribution < -0.4 is 5.32 Å². The van der Waals surface area contributed by atoms with E-state index in [1.165, 1.54) is 24.3 Å². The van der Waals surface area contributed by atoms with Crippen LogP contribution in [-0.4, -0.2) is 11.5 Å². The first-order valence-electron chi connectivity index (χ1n) is 5.98. The highest BCUT2D eigenvalue weighted by atomic mass is 79.9. The molecule has 20 heavy (non-hydrogen) atoms. The molecule has 0 aliphatic carbocycles. The van der Waals surface area contributed by atoms with Crippen molar-refractivity contribution in [1.82, 2.24) is 0 Å². The molecule has 2 aromatic carbocycles. The minimum atomic E-state index is -0.443. The van der Waals surface area contributed by atoms with Gasteiger partial charge in [-0.1, -0.05) is 12.1 Å². The zero-order valence-electron chi connectivity index (χ0n) is 10.5. The van der Waals surface area contributed by atoms with Crippen molar-refractivity contribution < 1.29 is 9.31 Å². The molecule has 0 atom stereocenters. The van der Waals surface area contributed by atoms with E-state index in [0.29, 0.717) is 17.4 Å². The van der Waals surface area contributed by atoms with Crippen molar-refractivity contribution in [3.05, 3.63) is 68.4 Å². The second kappa shape index (κ2) is 6.47. The molecule has 0 bridgehead atoms. The summed E-state index contributed by atoms with van der Waals surface area (Å²) in [5, 5.41) is 13.8. The Morgan fingerprint density at radius 1 is 1.25 bits per heavy atom. The quantitative estimate of drug-likeness (QED) is 0.658. The highest BCUT2D eigenvalue weighted by molar-refractivity contribution is 9.10. The van der Waals surface area contributed by atoms with Crippen LogP contribution in [-0.2, 0) is 6.42 Å². The molecule has 4 nitrogen and oxygen atoms in total. The molecule has 6 heteroatoms. The Kier molecular flexibility index (Phi) is 4.68. The summed E-state index contributed by atoms with van der Waals surface area (Å²) >= 11 is 3.29. The number of anilines is 1. The smallest absolute Gasteiger partial charge is 0.270 e. The summed E-state index contributed by atoms with van der Waals surface area (Å²) in [4.78, 5) is 10.2. The van der Waals surface area contributed by atoms with E-state index < -0.39 is 4.92 Å². The number of non-ortho nitro benzene ring substituents is 1. The Hall–Kier alpha value is -1.95. The van der Waals surface area contributed by atoms with Gasteiger partial charge in [-0.2, -0.15) is 0 Å². The van der Waals surface area contributed by atoms with Crippen LogP contribution in [0.15, 0.2) is 46.9 Å². The molecule has 0 amide bonds. The largest absolute Gasteiger partial charge is 0.384 e. The number of nitro groups is 1. The number of nitrogens with one attached hydrogen (secondary N) is 1. The zero-order chi connectivity index (χ0) is 14.5. The number of nitrogens with zero attached hydrogens (tertiary/aromatic N) is 1. The van der Waals surface area contributed by atoms with E-state index >= 15 is 0 Å². The van der Waals surface area contributed by atoms with Crippen molar-refractivity contribution >= 4 is 27.3 Å². The maximum absolute atomic E-state index is 13.0. The van der Waals surface area contributed by atoms with Gasteiger partial charge in [0.05, 0.1) is 4.92 Å². The number of halogens is 2. The summed E-state index contributed by atoms with van der Waals surface area (Å²) in [6.07, 6.45) is 0.668. The molecule has 104 valence electrons. The molecule has 0 heterocycles. The molecule has 0 aliphatic heterocycles. The fourth-order valence-corrected chi connectivity index (χ4v) is 2.30.